The van der Waals surface area contributed by atoms with E-state index in [0.29, 0.717) is 5.92 Å². The minimum absolute atomic E-state index is 0.289. The van der Waals surface area contributed by atoms with E-state index in [-0.39, 0.29) is 6.10 Å². The Morgan fingerprint density at radius 2 is 2.04 bits per heavy atom. The first-order valence-corrected chi connectivity index (χ1v) is 8.75. The summed E-state index contributed by atoms with van der Waals surface area (Å²) in [7, 11) is 0. The third kappa shape index (κ3) is 3.57. The van der Waals surface area contributed by atoms with Crippen molar-refractivity contribution in [3.8, 4) is 0 Å². The molecule has 3 heterocycles. The van der Waals surface area contributed by atoms with Gasteiger partial charge in [0.15, 0.2) is 0 Å². The average molecular weight is 315 g/mol. The summed E-state index contributed by atoms with van der Waals surface area (Å²) in [6, 6.07) is 8.29. The Hall–Kier alpha value is -1.43. The summed E-state index contributed by atoms with van der Waals surface area (Å²) in [6.07, 6.45) is 3.73. The van der Waals surface area contributed by atoms with Gasteiger partial charge in [0.25, 0.3) is 0 Å². The number of nitrogens with one attached hydrogen (secondary N) is 1. The van der Waals surface area contributed by atoms with Gasteiger partial charge in [0, 0.05) is 12.5 Å². The number of hydrogen-bond donors (Lipinski definition) is 1. The number of likely N-dealkylation sites (tertiary alicyclic amines) is 1. The highest BCUT2D eigenvalue weighted by Gasteiger charge is 2.24. The lowest BCUT2D eigenvalue weighted by atomic mass is 9.96. The number of nitrogens with zero attached hydrogens (tertiary/aromatic N) is 2. The highest BCUT2D eigenvalue weighted by molar-refractivity contribution is 5.74. The molecule has 5 nitrogen and oxygen atoms in total. The summed E-state index contributed by atoms with van der Waals surface area (Å²) in [4.78, 5) is 10.8. The minimum atomic E-state index is 0.289. The molecular formula is C18H25N3O2. The Morgan fingerprint density at radius 1 is 1.17 bits per heavy atom. The van der Waals surface area contributed by atoms with Crippen molar-refractivity contribution in [3.05, 3.63) is 30.1 Å². The number of aromatic amines is 1. The van der Waals surface area contributed by atoms with Gasteiger partial charge in [-0.05, 0) is 44.5 Å². The lowest BCUT2D eigenvalue weighted by molar-refractivity contribution is -0.0930. The van der Waals surface area contributed by atoms with Gasteiger partial charge in [-0.25, -0.2) is 4.98 Å². The van der Waals surface area contributed by atoms with Crippen LogP contribution in [-0.4, -0.2) is 60.4 Å². The summed E-state index contributed by atoms with van der Waals surface area (Å²) in [5.74, 6) is 1.72. The number of rotatable bonds is 4. The molecule has 23 heavy (non-hydrogen) atoms. The van der Waals surface area contributed by atoms with Crippen molar-refractivity contribution in [2.75, 3.05) is 39.5 Å². The predicted octanol–water partition coefficient (Wildman–Crippen LogP) is 2.55. The number of piperidine rings is 1. The lowest BCUT2D eigenvalue weighted by Crippen LogP contribution is -2.37. The Morgan fingerprint density at radius 3 is 2.83 bits per heavy atom. The van der Waals surface area contributed by atoms with Crippen molar-refractivity contribution in [1.82, 2.24) is 14.9 Å². The van der Waals surface area contributed by atoms with Gasteiger partial charge in [0.1, 0.15) is 5.82 Å². The van der Waals surface area contributed by atoms with E-state index in [4.69, 9.17) is 14.5 Å². The Bertz CT molecular complexity index is 595. The van der Waals surface area contributed by atoms with Crippen molar-refractivity contribution in [2.45, 2.75) is 31.3 Å². The van der Waals surface area contributed by atoms with Crippen LogP contribution in [0.2, 0.25) is 0 Å². The molecule has 1 unspecified atom stereocenters. The summed E-state index contributed by atoms with van der Waals surface area (Å²) in [5, 5.41) is 0. The Kier molecular flexibility index (Phi) is 4.60. The first kappa shape index (κ1) is 15.1. The molecule has 2 aliphatic heterocycles. The first-order valence-electron chi connectivity index (χ1n) is 8.75. The monoisotopic (exact) mass is 315 g/mol. The van der Waals surface area contributed by atoms with Gasteiger partial charge in [-0.2, -0.15) is 0 Å². The predicted molar refractivity (Wildman–Crippen MR) is 89.7 cm³/mol. The summed E-state index contributed by atoms with van der Waals surface area (Å²) in [5.41, 5.74) is 2.23. The third-order valence-electron chi connectivity index (χ3n) is 5.03. The van der Waals surface area contributed by atoms with Gasteiger partial charge in [-0.3, -0.25) is 0 Å². The molecule has 0 amide bonds. The number of hydrogen-bond acceptors (Lipinski definition) is 4. The largest absolute Gasteiger partial charge is 0.376 e. The van der Waals surface area contributed by atoms with E-state index in [1.165, 1.54) is 12.8 Å². The van der Waals surface area contributed by atoms with Gasteiger partial charge >= 0.3 is 0 Å². The lowest BCUT2D eigenvalue weighted by Gasteiger charge is -2.32. The van der Waals surface area contributed by atoms with Crippen LogP contribution in [0.25, 0.3) is 11.0 Å². The maximum atomic E-state index is 5.73. The fourth-order valence-corrected chi connectivity index (χ4v) is 3.63. The van der Waals surface area contributed by atoms with Gasteiger partial charge in [-0.15, -0.1) is 0 Å². The zero-order chi connectivity index (χ0) is 15.5. The maximum Gasteiger partial charge on any atom is 0.110 e. The number of fused-ring (bicyclic) bond motifs is 1. The van der Waals surface area contributed by atoms with Crippen LogP contribution in [0.3, 0.4) is 0 Å². The fraction of sp³-hybridized carbons (Fsp3) is 0.611. The molecule has 0 radical (unpaired) electrons. The molecule has 2 aliphatic rings. The molecule has 1 atom stereocenters. The molecule has 1 aromatic carbocycles. The number of ether oxygens (including phenoxy) is 2. The van der Waals surface area contributed by atoms with Crippen molar-refractivity contribution in [2.24, 2.45) is 0 Å². The van der Waals surface area contributed by atoms with Crippen LogP contribution < -0.4 is 0 Å². The zero-order valence-corrected chi connectivity index (χ0v) is 13.5. The number of para-hydroxylation sites is 2. The van der Waals surface area contributed by atoms with Crippen molar-refractivity contribution >= 4 is 11.0 Å². The molecule has 1 aromatic heterocycles. The fourth-order valence-electron chi connectivity index (χ4n) is 3.63. The van der Waals surface area contributed by atoms with E-state index in [1.807, 2.05) is 6.07 Å². The van der Waals surface area contributed by atoms with E-state index in [1.54, 1.807) is 0 Å². The highest BCUT2D eigenvalue weighted by atomic mass is 16.6. The molecular weight excluding hydrogens is 290 g/mol. The van der Waals surface area contributed by atoms with Crippen LogP contribution in [0.1, 0.15) is 31.0 Å². The molecule has 0 saturated carbocycles. The van der Waals surface area contributed by atoms with E-state index in [0.717, 1.165) is 62.7 Å². The van der Waals surface area contributed by atoms with Crippen molar-refractivity contribution in [1.29, 1.82) is 0 Å². The second-order valence-corrected chi connectivity index (χ2v) is 6.61. The van der Waals surface area contributed by atoms with Crippen LogP contribution in [0, 0.1) is 0 Å². The van der Waals surface area contributed by atoms with Crippen LogP contribution in [0.5, 0.6) is 0 Å². The van der Waals surface area contributed by atoms with E-state index < -0.39 is 0 Å². The van der Waals surface area contributed by atoms with Crippen LogP contribution in [0.4, 0.5) is 0 Å². The van der Waals surface area contributed by atoms with Gasteiger partial charge in [0.05, 0.1) is 37.0 Å². The number of H-pyrrole nitrogens is 1. The van der Waals surface area contributed by atoms with Crippen molar-refractivity contribution in [3.63, 3.8) is 0 Å². The number of aromatic nitrogens is 2. The zero-order valence-electron chi connectivity index (χ0n) is 13.5. The van der Waals surface area contributed by atoms with E-state index >= 15 is 0 Å². The van der Waals surface area contributed by atoms with E-state index in [9.17, 15) is 0 Å². The Labute approximate surface area is 137 Å². The SMILES string of the molecule is c1ccc2[nH]c(C3CCN(CCC4COCCO4)CC3)nc2c1. The molecule has 2 fully saturated rings. The third-order valence-corrected chi connectivity index (χ3v) is 5.03. The molecule has 4 rings (SSSR count). The topological polar surface area (TPSA) is 50.4 Å². The average Bonchev–Trinajstić information content (AvgIpc) is 3.05. The van der Waals surface area contributed by atoms with Gasteiger partial charge in [-0.1, -0.05) is 12.1 Å². The van der Waals surface area contributed by atoms with Gasteiger partial charge < -0.3 is 19.4 Å². The quantitative estimate of drug-likeness (QED) is 0.942. The smallest absolute Gasteiger partial charge is 0.110 e. The molecule has 0 bridgehead atoms. The Balaban J connectivity index is 1.28. The number of imidazole rings is 1. The molecule has 0 spiro atoms. The molecule has 0 aliphatic carbocycles. The summed E-state index contributed by atoms with van der Waals surface area (Å²) >= 11 is 0. The molecule has 124 valence electrons. The minimum Gasteiger partial charge on any atom is -0.376 e. The number of benzene rings is 1. The second-order valence-electron chi connectivity index (χ2n) is 6.61. The van der Waals surface area contributed by atoms with Gasteiger partial charge in [0.2, 0.25) is 0 Å². The molecule has 2 aromatic rings. The van der Waals surface area contributed by atoms with Crippen LogP contribution >= 0.6 is 0 Å². The van der Waals surface area contributed by atoms with E-state index in [2.05, 4.69) is 28.1 Å². The summed E-state index contributed by atoms with van der Waals surface area (Å²) < 4.78 is 11.2. The van der Waals surface area contributed by atoms with Crippen LogP contribution in [0.15, 0.2) is 24.3 Å². The first-order chi connectivity index (χ1) is 11.4. The second kappa shape index (κ2) is 6.99. The molecule has 2 saturated heterocycles. The maximum absolute atomic E-state index is 5.73. The highest BCUT2D eigenvalue weighted by Crippen LogP contribution is 2.27. The normalized spacial score (nSPS) is 24.3. The molecule has 1 N–H and O–H groups in total. The molecule has 5 heteroatoms. The van der Waals surface area contributed by atoms with Crippen LogP contribution in [-0.2, 0) is 9.47 Å². The summed E-state index contributed by atoms with van der Waals surface area (Å²) in [6.45, 7) is 5.67. The van der Waals surface area contributed by atoms with Crippen molar-refractivity contribution < 1.29 is 9.47 Å². The standard InChI is InChI=1S/C18H25N3O2/c1-2-4-17-16(3-1)19-18(20-17)14-5-8-21(9-6-14)10-7-15-13-22-11-12-23-15/h1-4,14-15H,5-13H2,(H,19,20).